The number of nitrogens with two attached hydrogens (primary N) is 1. The fourth-order valence-electron chi connectivity index (χ4n) is 9.11. The van der Waals surface area contributed by atoms with Crippen molar-refractivity contribution in [2.75, 3.05) is 33.0 Å². The molecule has 16 nitrogen and oxygen atoms in total. The Bertz CT molecular complexity index is 2120. The molecule has 3 aromatic carbocycles. The van der Waals surface area contributed by atoms with Gasteiger partial charge in [-0.3, -0.25) is 9.59 Å². The maximum Gasteiger partial charge on any atom is 0.336 e. The Hall–Kier alpha value is -5.17. The van der Waals surface area contributed by atoms with Crippen molar-refractivity contribution in [1.82, 2.24) is 5.32 Å². The quantitative estimate of drug-likeness (QED) is 0.0580. The third kappa shape index (κ3) is 11.7. The zero-order chi connectivity index (χ0) is 45.9. The van der Waals surface area contributed by atoms with E-state index in [1.807, 2.05) is 30.3 Å². The molecule has 3 fully saturated rings. The van der Waals surface area contributed by atoms with E-state index >= 15 is 0 Å². The van der Waals surface area contributed by atoms with Crippen molar-refractivity contribution in [1.29, 1.82) is 0 Å². The Morgan fingerprint density at radius 3 is 2.39 bits per heavy atom. The maximum atomic E-state index is 14.5. The molecule has 0 aromatic heterocycles. The van der Waals surface area contributed by atoms with Crippen molar-refractivity contribution in [2.24, 2.45) is 11.7 Å². The van der Waals surface area contributed by atoms with Crippen LogP contribution in [0, 0.1) is 5.92 Å². The first-order chi connectivity index (χ1) is 30.8. The van der Waals surface area contributed by atoms with E-state index < -0.39 is 97.3 Å². The number of ether oxygens (including phenoxy) is 4. The monoisotopic (exact) mass is 888 g/mol. The number of fused-ring (bicyclic) bond motifs is 1. The van der Waals surface area contributed by atoms with E-state index in [4.69, 9.17) is 24.7 Å². The van der Waals surface area contributed by atoms with Gasteiger partial charge in [0.05, 0.1) is 32.0 Å². The third-order valence-corrected chi connectivity index (χ3v) is 12.5. The first kappa shape index (κ1) is 48.3. The van der Waals surface area contributed by atoms with E-state index in [2.05, 4.69) is 5.32 Å². The summed E-state index contributed by atoms with van der Waals surface area (Å²) in [5.74, 6) is -3.87. The van der Waals surface area contributed by atoms with Gasteiger partial charge in [0.2, 0.25) is 0 Å². The van der Waals surface area contributed by atoms with Crippen LogP contribution in [0.4, 0.5) is 0 Å². The molecule has 0 spiro atoms. The molecule has 64 heavy (non-hydrogen) atoms. The topological polar surface area (TPSA) is 268 Å². The number of carbonyl (C=O) groups is 3. The SMILES string of the molecule is NCCOc1ccc(C=CC(=O)COC2(C(=O)O)CC(O)C3OCC(CCc4ccccc4)CC(C(=O)C=Cc4cc(O)c(O)cc4CO)OC3(C(CO)NC3CCCC3)C2)cc1O. The molecule has 0 bridgehead atoms. The summed E-state index contributed by atoms with van der Waals surface area (Å²) in [7, 11) is 0. The highest BCUT2D eigenvalue weighted by atomic mass is 16.6. The molecule has 16 heteroatoms. The lowest BCUT2D eigenvalue weighted by molar-refractivity contribution is -0.281. The molecule has 0 radical (unpaired) electrons. The highest BCUT2D eigenvalue weighted by molar-refractivity contribution is 5.97. The fraction of sp³-hybridized carbons (Fsp3) is 0.479. The largest absolute Gasteiger partial charge is 0.504 e. The van der Waals surface area contributed by atoms with Gasteiger partial charge in [-0.25, -0.2) is 4.79 Å². The lowest BCUT2D eigenvalue weighted by Gasteiger charge is -2.56. The molecule has 346 valence electrons. The highest BCUT2D eigenvalue weighted by Gasteiger charge is 2.64. The van der Waals surface area contributed by atoms with E-state index in [1.165, 1.54) is 48.6 Å². The minimum absolute atomic E-state index is 0.0507. The summed E-state index contributed by atoms with van der Waals surface area (Å²) in [4.78, 5) is 41.4. The molecule has 3 aliphatic rings. The van der Waals surface area contributed by atoms with Gasteiger partial charge in [0.15, 0.2) is 40.2 Å². The van der Waals surface area contributed by atoms with Crippen LogP contribution in [-0.4, -0.2) is 128 Å². The van der Waals surface area contributed by atoms with Crippen LogP contribution in [0.5, 0.6) is 23.0 Å². The van der Waals surface area contributed by atoms with Crippen LogP contribution >= 0.6 is 0 Å². The van der Waals surface area contributed by atoms with E-state index in [0.717, 1.165) is 31.2 Å². The van der Waals surface area contributed by atoms with Gasteiger partial charge in [0.1, 0.15) is 31.0 Å². The van der Waals surface area contributed by atoms with E-state index in [1.54, 1.807) is 6.07 Å². The lowest BCUT2D eigenvalue weighted by atomic mass is 9.67. The van der Waals surface area contributed by atoms with Crippen LogP contribution < -0.4 is 15.8 Å². The summed E-state index contributed by atoms with van der Waals surface area (Å²) in [5, 5.41) is 78.4. The summed E-state index contributed by atoms with van der Waals surface area (Å²) in [6, 6.07) is 15.4. The second kappa shape index (κ2) is 22.1. The Morgan fingerprint density at radius 2 is 1.70 bits per heavy atom. The predicted octanol–water partition coefficient (Wildman–Crippen LogP) is 3.55. The van der Waals surface area contributed by atoms with Crippen molar-refractivity contribution in [3.05, 3.63) is 95.1 Å². The number of carboxylic acids is 1. The minimum Gasteiger partial charge on any atom is -0.504 e. The number of carboxylic acid groups (broad SMARTS) is 1. The van der Waals surface area contributed by atoms with Crippen molar-refractivity contribution < 1.29 is 69.1 Å². The number of phenols is 3. The molecule has 7 unspecified atom stereocenters. The summed E-state index contributed by atoms with van der Waals surface area (Å²) in [5.41, 5.74) is 3.26. The Kier molecular flexibility index (Phi) is 16.7. The number of nitrogens with one attached hydrogen (secondary N) is 1. The van der Waals surface area contributed by atoms with Crippen LogP contribution in [0.15, 0.2) is 72.8 Å². The number of phenolic OH excluding ortho intramolecular Hbond substituents is 3. The lowest BCUT2D eigenvalue weighted by Crippen LogP contribution is -2.74. The molecule has 10 N–H and O–H groups in total. The van der Waals surface area contributed by atoms with E-state index in [-0.39, 0.29) is 60.8 Å². The van der Waals surface area contributed by atoms with Gasteiger partial charge in [-0.2, -0.15) is 0 Å². The predicted molar refractivity (Wildman–Crippen MR) is 234 cm³/mol. The van der Waals surface area contributed by atoms with Crippen molar-refractivity contribution in [2.45, 2.75) is 106 Å². The van der Waals surface area contributed by atoms with Gasteiger partial charge < -0.3 is 65.7 Å². The summed E-state index contributed by atoms with van der Waals surface area (Å²) in [6.45, 7) is -1.36. The summed E-state index contributed by atoms with van der Waals surface area (Å²) >= 11 is 0. The maximum absolute atomic E-state index is 14.5. The summed E-state index contributed by atoms with van der Waals surface area (Å²) in [6.07, 6.45) is 4.58. The van der Waals surface area contributed by atoms with Crippen LogP contribution in [0.2, 0.25) is 0 Å². The van der Waals surface area contributed by atoms with Crippen LogP contribution in [0.25, 0.3) is 12.2 Å². The molecule has 6 rings (SSSR count). The zero-order valence-electron chi connectivity index (χ0n) is 35.7. The molecular weight excluding hydrogens is 829 g/mol. The average molecular weight is 889 g/mol. The first-order valence-corrected chi connectivity index (χ1v) is 21.8. The average Bonchev–Trinajstić information content (AvgIpc) is 3.80. The van der Waals surface area contributed by atoms with Crippen LogP contribution in [-0.2, 0) is 41.6 Å². The van der Waals surface area contributed by atoms with Crippen LogP contribution in [0.3, 0.4) is 0 Å². The summed E-state index contributed by atoms with van der Waals surface area (Å²) < 4.78 is 25.0. The number of hydrogen-bond acceptors (Lipinski definition) is 15. The molecule has 2 aliphatic carbocycles. The Morgan fingerprint density at radius 1 is 0.953 bits per heavy atom. The molecule has 0 amide bonds. The van der Waals surface area contributed by atoms with Gasteiger partial charge >= 0.3 is 5.97 Å². The number of ketones is 2. The number of aromatic hydroxyl groups is 3. The van der Waals surface area contributed by atoms with Crippen molar-refractivity contribution in [3.8, 4) is 23.0 Å². The third-order valence-electron chi connectivity index (χ3n) is 12.5. The molecule has 7 atom stereocenters. The highest BCUT2D eigenvalue weighted by Crippen LogP contribution is 2.47. The number of aliphatic carboxylic acids is 1. The normalized spacial score (nSPS) is 25.8. The fourth-order valence-corrected chi connectivity index (χ4v) is 9.11. The molecule has 3 aromatic rings. The number of aryl methyl sites for hydroxylation is 1. The van der Waals surface area contributed by atoms with Crippen molar-refractivity contribution in [3.63, 3.8) is 0 Å². The Balaban J connectivity index is 1.35. The number of benzene rings is 3. The second-order valence-electron chi connectivity index (χ2n) is 17.0. The van der Waals surface area contributed by atoms with Crippen LogP contribution in [0.1, 0.15) is 73.6 Å². The van der Waals surface area contributed by atoms with Crippen molar-refractivity contribution >= 4 is 29.7 Å². The first-order valence-electron chi connectivity index (χ1n) is 21.8. The molecule has 1 saturated heterocycles. The molecule has 2 saturated carbocycles. The van der Waals surface area contributed by atoms with E-state index in [9.17, 15) is 50.1 Å². The molecule has 1 heterocycles. The Labute approximate surface area is 371 Å². The smallest absolute Gasteiger partial charge is 0.336 e. The van der Waals surface area contributed by atoms with Gasteiger partial charge in [0, 0.05) is 25.4 Å². The number of rotatable bonds is 20. The van der Waals surface area contributed by atoms with Gasteiger partial charge in [0.25, 0.3) is 0 Å². The zero-order valence-corrected chi connectivity index (χ0v) is 35.7. The molecular formula is C48H60N2O14. The van der Waals surface area contributed by atoms with Gasteiger partial charge in [-0.15, -0.1) is 0 Å². The van der Waals surface area contributed by atoms with E-state index in [0.29, 0.717) is 18.4 Å². The standard InChI is InChI=1S/C48H60N2O14/c49-18-19-61-42-17-13-31(20-40(42)57)12-15-36(53)28-63-47(46(59)60)24-41(58)45-48(29-47,44(26-52)50-35-8-4-5-9-35)64-43(21-32(27-62-45)11-10-30-6-2-1-3-7-30)37(54)16-14-33-22-38(55)39(56)23-34(33)25-51/h1-3,6-7,12-17,20,22-23,32,35,41,43-45,50-52,55-58H,4-5,8-11,18-19,21,24-29,49H2,(H,59,60). The molecule has 1 aliphatic heterocycles. The number of aliphatic hydroxyl groups excluding tert-OH is 3. The van der Waals surface area contributed by atoms with Gasteiger partial charge in [-0.05, 0) is 96.7 Å². The minimum atomic E-state index is -2.28. The number of hydrogen-bond donors (Lipinski definition) is 9. The number of carbonyl (C=O) groups excluding carboxylic acids is 2. The van der Waals surface area contributed by atoms with Gasteiger partial charge in [-0.1, -0.05) is 61.4 Å². The number of aliphatic hydroxyl groups is 3. The second-order valence-corrected chi connectivity index (χ2v) is 17.0.